The van der Waals surface area contributed by atoms with Gasteiger partial charge in [-0.15, -0.1) is 0 Å². The SMILES string of the molecule is [N-]=[N+]=NCCSCCC(N)C(=O)O. The summed E-state index contributed by atoms with van der Waals surface area (Å²) >= 11 is 1.53. The Morgan fingerprint density at radius 3 is 2.92 bits per heavy atom. The average molecular weight is 204 g/mol. The summed E-state index contributed by atoms with van der Waals surface area (Å²) in [5, 5.41) is 11.8. The van der Waals surface area contributed by atoms with Crippen LogP contribution in [-0.2, 0) is 4.79 Å². The number of nitrogens with zero attached hydrogens (tertiary/aromatic N) is 3. The van der Waals surface area contributed by atoms with Gasteiger partial charge in [0.25, 0.3) is 0 Å². The molecule has 0 aromatic carbocycles. The minimum atomic E-state index is -0.976. The number of hydrogen-bond acceptors (Lipinski definition) is 4. The van der Waals surface area contributed by atoms with Crippen LogP contribution in [0, 0.1) is 0 Å². The first-order chi connectivity index (χ1) is 6.18. The molecule has 13 heavy (non-hydrogen) atoms. The summed E-state index contributed by atoms with van der Waals surface area (Å²) in [6, 6.07) is -0.785. The number of nitrogens with two attached hydrogens (primary N) is 1. The average Bonchev–Trinajstić information content (AvgIpc) is 2.10. The molecule has 0 fully saturated rings. The molecule has 1 atom stereocenters. The number of aliphatic carboxylic acids is 1. The van der Waals surface area contributed by atoms with Crippen LogP contribution in [0.15, 0.2) is 5.11 Å². The van der Waals surface area contributed by atoms with Crippen molar-refractivity contribution >= 4 is 17.7 Å². The summed E-state index contributed by atoms with van der Waals surface area (Å²) in [5.74, 6) is 0.404. The monoisotopic (exact) mass is 204 g/mol. The van der Waals surface area contributed by atoms with Crippen LogP contribution in [0.5, 0.6) is 0 Å². The van der Waals surface area contributed by atoms with Gasteiger partial charge < -0.3 is 10.8 Å². The first kappa shape index (κ1) is 12.1. The summed E-state index contributed by atoms with van der Waals surface area (Å²) in [6.07, 6.45) is 0.441. The van der Waals surface area contributed by atoms with Crippen molar-refractivity contribution in [1.29, 1.82) is 0 Å². The van der Waals surface area contributed by atoms with Crippen LogP contribution in [0.25, 0.3) is 10.4 Å². The first-order valence-corrected chi connectivity index (χ1v) is 4.91. The Hall–Kier alpha value is -0.910. The quantitative estimate of drug-likeness (QED) is 0.277. The van der Waals surface area contributed by atoms with E-state index in [0.717, 1.165) is 0 Å². The maximum Gasteiger partial charge on any atom is 0.320 e. The van der Waals surface area contributed by atoms with Crippen molar-refractivity contribution in [3.8, 4) is 0 Å². The van der Waals surface area contributed by atoms with Gasteiger partial charge in [0.05, 0.1) is 0 Å². The summed E-state index contributed by atoms with van der Waals surface area (Å²) < 4.78 is 0. The standard InChI is InChI=1S/C6H12N4O2S/c7-5(6(11)12)1-3-13-4-2-9-10-8/h5H,1-4,7H2,(H,11,12). The van der Waals surface area contributed by atoms with Crippen LogP contribution in [-0.4, -0.2) is 35.2 Å². The van der Waals surface area contributed by atoms with Gasteiger partial charge in [-0.1, -0.05) is 5.11 Å². The minimum Gasteiger partial charge on any atom is -0.480 e. The molecule has 0 rings (SSSR count). The van der Waals surface area contributed by atoms with Crippen molar-refractivity contribution in [1.82, 2.24) is 0 Å². The predicted octanol–water partition coefficient (Wildman–Crippen LogP) is 0.832. The Balaban J connectivity index is 3.25. The fourth-order valence-corrected chi connectivity index (χ4v) is 1.42. The van der Waals surface area contributed by atoms with E-state index in [-0.39, 0.29) is 0 Å². The lowest BCUT2D eigenvalue weighted by Gasteiger charge is -2.04. The molecule has 0 bridgehead atoms. The van der Waals surface area contributed by atoms with Gasteiger partial charge in [-0.2, -0.15) is 11.8 Å². The number of carbonyl (C=O) groups is 1. The van der Waals surface area contributed by atoms with Crippen molar-refractivity contribution in [3.63, 3.8) is 0 Å². The second-order valence-electron chi connectivity index (χ2n) is 2.30. The van der Waals surface area contributed by atoms with E-state index in [1.807, 2.05) is 0 Å². The molecule has 0 heterocycles. The highest BCUT2D eigenvalue weighted by atomic mass is 32.2. The van der Waals surface area contributed by atoms with Gasteiger partial charge in [-0.05, 0) is 23.5 Å². The Morgan fingerprint density at radius 1 is 1.69 bits per heavy atom. The number of carboxylic acids is 1. The lowest BCUT2D eigenvalue weighted by atomic mass is 10.2. The molecule has 0 saturated carbocycles. The molecule has 0 aliphatic rings. The van der Waals surface area contributed by atoms with E-state index in [0.29, 0.717) is 24.5 Å². The fourth-order valence-electron chi connectivity index (χ4n) is 0.586. The molecular weight excluding hydrogens is 192 g/mol. The first-order valence-electron chi connectivity index (χ1n) is 3.75. The highest BCUT2D eigenvalue weighted by Crippen LogP contribution is 2.03. The zero-order valence-corrected chi connectivity index (χ0v) is 7.90. The van der Waals surface area contributed by atoms with Crippen molar-refractivity contribution in [2.24, 2.45) is 10.8 Å². The molecule has 0 aromatic rings. The second-order valence-corrected chi connectivity index (χ2v) is 3.52. The molecule has 0 aliphatic heterocycles. The van der Waals surface area contributed by atoms with E-state index in [2.05, 4.69) is 10.0 Å². The van der Waals surface area contributed by atoms with Gasteiger partial charge in [0, 0.05) is 11.5 Å². The Morgan fingerprint density at radius 2 is 2.38 bits per heavy atom. The maximum atomic E-state index is 10.3. The zero-order chi connectivity index (χ0) is 10.1. The Kier molecular flexibility index (Phi) is 7.18. The van der Waals surface area contributed by atoms with Gasteiger partial charge >= 0.3 is 5.97 Å². The zero-order valence-electron chi connectivity index (χ0n) is 7.09. The lowest BCUT2D eigenvalue weighted by Crippen LogP contribution is -2.30. The molecule has 3 N–H and O–H groups in total. The van der Waals surface area contributed by atoms with Crippen molar-refractivity contribution in [2.75, 3.05) is 18.1 Å². The number of rotatable bonds is 7. The molecule has 0 saturated heterocycles. The lowest BCUT2D eigenvalue weighted by molar-refractivity contribution is -0.138. The highest BCUT2D eigenvalue weighted by molar-refractivity contribution is 7.99. The molecule has 0 spiro atoms. The largest absolute Gasteiger partial charge is 0.480 e. The molecule has 1 unspecified atom stereocenters. The summed E-state index contributed by atoms with van der Waals surface area (Å²) in [7, 11) is 0. The fraction of sp³-hybridized carbons (Fsp3) is 0.833. The Labute approximate surface area is 80.1 Å². The number of thioether (sulfide) groups is 1. The van der Waals surface area contributed by atoms with Gasteiger partial charge in [-0.25, -0.2) is 0 Å². The smallest absolute Gasteiger partial charge is 0.320 e. The van der Waals surface area contributed by atoms with E-state index in [1.54, 1.807) is 0 Å². The van der Waals surface area contributed by atoms with E-state index < -0.39 is 12.0 Å². The maximum absolute atomic E-state index is 10.3. The molecule has 0 radical (unpaired) electrons. The van der Waals surface area contributed by atoms with Crippen LogP contribution in [0.4, 0.5) is 0 Å². The summed E-state index contributed by atoms with van der Waals surface area (Å²) in [5.41, 5.74) is 13.2. The number of carboxylic acid groups (broad SMARTS) is 1. The van der Waals surface area contributed by atoms with Crippen LogP contribution in [0.3, 0.4) is 0 Å². The third-order valence-corrected chi connectivity index (χ3v) is 2.28. The van der Waals surface area contributed by atoms with E-state index in [1.165, 1.54) is 11.8 Å². The van der Waals surface area contributed by atoms with Crippen LogP contribution >= 0.6 is 11.8 Å². The number of azide groups is 1. The topological polar surface area (TPSA) is 112 Å². The molecule has 0 aromatic heterocycles. The predicted molar refractivity (Wildman–Crippen MR) is 51.6 cm³/mol. The Bertz CT molecular complexity index is 205. The van der Waals surface area contributed by atoms with Crippen LogP contribution < -0.4 is 5.73 Å². The summed E-state index contributed by atoms with van der Waals surface area (Å²) in [6.45, 7) is 0.434. The van der Waals surface area contributed by atoms with Gasteiger partial charge in [-0.3, -0.25) is 4.79 Å². The second kappa shape index (κ2) is 7.72. The summed E-state index contributed by atoms with van der Waals surface area (Å²) in [4.78, 5) is 12.9. The van der Waals surface area contributed by atoms with E-state index in [4.69, 9.17) is 16.4 Å². The molecule has 6 nitrogen and oxygen atoms in total. The van der Waals surface area contributed by atoms with E-state index >= 15 is 0 Å². The molecular formula is C6H12N4O2S. The highest BCUT2D eigenvalue weighted by Gasteiger charge is 2.09. The van der Waals surface area contributed by atoms with Gasteiger partial charge in [0.1, 0.15) is 6.04 Å². The molecule has 0 aliphatic carbocycles. The van der Waals surface area contributed by atoms with Crippen molar-refractivity contribution in [2.45, 2.75) is 12.5 Å². The molecule has 74 valence electrons. The van der Waals surface area contributed by atoms with Gasteiger partial charge in [0.2, 0.25) is 0 Å². The molecule has 7 heteroatoms. The van der Waals surface area contributed by atoms with Crippen molar-refractivity contribution < 1.29 is 9.90 Å². The third kappa shape index (κ3) is 7.45. The van der Waals surface area contributed by atoms with Crippen LogP contribution in [0.1, 0.15) is 6.42 Å². The third-order valence-electron chi connectivity index (χ3n) is 1.29. The molecule has 0 amide bonds. The van der Waals surface area contributed by atoms with Crippen molar-refractivity contribution in [3.05, 3.63) is 10.4 Å². The number of hydrogen-bond donors (Lipinski definition) is 2. The van der Waals surface area contributed by atoms with E-state index in [9.17, 15) is 4.79 Å². The van der Waals surface area contributed by atoms with Crippen LogP contribution in [0.2, 0.25) is 0 Å². The minimum absolute atomic E-state index is 0.434. The van der Waals surface area contributed by atoms with Gasteiger partial charge in [0.15, 0.2) is 0 Å². The normalized spacial score (nSPS) is 11.8.